The number of aliphatic hydroxyl groups excluding tert-OH is 3. The van der Waals surface area contributed by atoms with E-state index in [1.165, 1.54) is 237 Å². The largest absolute Gasteiger partial charge is 0.512 e. The number of hydrogen-bond acceptors (Lipinski definition) is 9. The molecule has 3 aliphatic carbocycles. The van der Waals surface area contributed by atoms with Gasteiger partial charge in [-0.05, 0) is 231 Å². The van der Waals surface area contributed by atoms with E-state index in [1.807, 2.05) is 36.7 Å². The van der Waals surface area contributed by atoms with Crippen LogP contribution in [0, 0.1) is 18.2 Å². The number of hydrogen-bond donors (Lipinski definition) is 3. The zero-order valence-electron chi connectivity index (χ0n) is 84.1. The molecule has 12 heteroatoms. The predicted molar refractivity (Wildman–Crippen MR) is 604 cm³/mol. The number of allylic oxidation sites excluding steroid dienone is 5. The van der Waals surface area contributed by atoms with Gasteiger partial charge in [0.05, 0.1) is 11.5 Å². The molecule has 3 radical (unpaired) electrons. The number of carbonyl (C=O) groups excluding carboxylic acids is 3. The monoisotopic (exact) mass is 2460 g/mol. The van der Waals surface area contributed by atoms with Gasteiger partial charge in [-0.3, -0.25) is 14.4 Å². The molecule has 0 saturated heterocycles. The van der Waals surface area contributed by atoms with Crippen LogP contribution >= 0.6 is 0 Å². The van der Waals surface area contributed by atoms with Crippen LogP contribution in [0.3, 0.4) is 0 Å². The van der Waals surface area contributed by atoms with E-state index >= 15 is 0 Å². The smallest absolute Gasteiger partial charge is 0.189 e. The van der Waals surface area contributed by atoms with Gasteiger partial charge < -0.3 is 30.3 Å². The van der Waals surface area contributed by atoms with Crippen molar-refractivity contribution in [1.29, 1.82) is 0 Å². The molecule has 0 bridgehead atoms. The van der Waals surface area contributed by atoms with Gasteiger partial charge in [0.15, 0.2) is 17.3 Å². The Morgan fingerprint density at radius 2 is 0.547 bits per heavy atom. The molecule has 0 fully saturated rings. The van der Waals surface area contributed by atoms with E-state index in [2.05, 4.69) is 383 Å². The molecule has 0 saturated carbocycles. The molecule has 3 aromatic heterocycles. The zero-order chi connectivity index (χ0) is 100. The summed E-state index contributed by atoms with van der Waals surface area (Å²) in [5.41, 5.74) is 24.2. The van der Waals surface area contributed by atoms with Gasteiger partial charge in [-0.15, -0.1) is 88.0 Å². The molecule has 20 aromatic carbocycles. The first-order valence-corrected chi connectivity index (χ1v) is 49.4. The number of nitrogens with zero attached hydrogens (tertiary/aromatic N) is 3. The van der Waals surface area contributed by atoms with E-state index in [0.717, 1.165) is 44.5 Å². The van der Waals surface area contributed by atoms with E-state index < -0.39 is 0 Å². The summed E-state index contributed by atoms with van der Waals surface area (Å²) in [4.78, 5) is 46.4. The maximum atomic E-state index is 11.8. The van der Waals surface area contributed by atoms with Gasteiger partial charge in [0.25, 0.3) is 0 Å². The van der Waals surface area contributed by atoms with Crippen molar-refractivity contribution in [2.45, 2.75) is 105 Å². The second-order valence-corrected chi connectivity index (χ2v) is 39.8. The Bertz CT molecular complexity index is 8910. The quantitative estimate of drug-likeness (QED) is 0.0422. The van der Waals surface area contributed by atoms with Gasteiger partial charge in [-0.1, -0.05) is 404 Å². The molecule has 3 heterocycles. The third-order valence-corrected chi connectivity index (χ3v) is 29.1. The molecule has 731 valence electrons. The van der Waals surface area contributed by atoms with E-state index in [9.17, 15) is 19.5 Å². The number of ketones is 3. The van der Waals surface area contributed by atoms with Gasteiger partial charge in [0, 0.05) is 108 Å². The average molecular weight is 2460 g/mol. The van der Waals surface area contributed by atoms with Gasteiger partial charge in [-0.25, -0.2) is 0 Å². The Morgan fingerprint density at radius 3 is 0.851 bits per heavy atom. The van der Waals surface area contributed by atoms with Crippen LogP contribution < -0.4 is 0 Å². The summed E-state index contributed by atoms with van der Waals surface area (Å²) >= 11 is 0. The normalized spacial score (nSPS) is 13.1. The second-order valence-electron chi connectivity index (χ2n) is 39.8. The summed E-state index contributed by atoms with van der Waals surface area (Å²) in [6.45, 7) is 24.5. The minimum atomic E-state index is -0.202. The molecule has 0 amide bonds. The summed E-state index contributed by atoms with van der Waals surface area (Å²) in [5.74, 6) is 0.0782. The topological polar surface area (TPSA) is 151 Å². The van der Waals surface area contributed by atoms with Crippen molar-refractivity contribution in [3.05, 3.63) is 481 Å². The standard InChI is InChI=1S/C39H30N.2C36H24N.C15H12O2.2C5H8O2.3Ir/c1-23(2)34-22-40-38(33-16-10-8-14-28(33)34)24-17-18-29-32-20-19-31-27-13-6-5-11-25(27)26-12-7-9-15-30(26)36(31)37(32)39(3,4)35(29)21-24;2*1-36(2)32-21-23(35-24-10-4-3-9-22(24)19-20-37-35)15-16-28(32)31-18-17-30-27-13-6-5-11-25(27)26-12-7-8-14-29(26)33(30)34(31)36;16-14(12-7-3-1-4-8-12)11-15(17)13-9-5-2-6-10-13;2*1-4(6)3-5(2)7;;;/h5-16,18-23H,1-4H3;2*3-14,16-21H,1-2H3;1-11,16H;2*3,6H,1-2H3;;;/q3*-1;;;;;;. The fourth-order valence-corrected chi connectivity index (χ4v) is 22.8. The van der Waals surface area contributed by atoms with E-state index in [4.69, 9.17) is 25.2 Å². The van der Waals surface area contributed by atoms with Crippen LogP contribution in [-0.2, 0) is 86.2 Å². The first-order valence-electron chi connectivity index (χ1n) is 49.4. The number of aliphatic hydroxyl groups is 3. The molecule has 0 atom stereocenters. The fraction of sp³-hybridized carbons (Fsp3) is 0.118. The Labute approximate surface area is 902 Å². The van der Waals surface area contributed by atoms with Crippen LogP contribution in [-0.4, -0.2) is 47.6 Å². The van der Waals surface area contributed by atoms with Crippen molar-refractivity contribution in [1.82, 2.24) is 15.0 Å². The average Bonchev–Trinajstić information content (AvgIpc) is 1.53. The Morgan fingerprint density at radius 1 is 0.284 bits per heavy atom. The predicted octanol–water partition coefficient (Wildman–Crippen LogP) is 35.1. The van der Waals surface area contributed by atoms with Crippen molar-refractivity contribution in [2.24, 2.45) is 0 Å². The Hall–Kier alpha value is -15.5. The number of fused-ring (bicyclic) bond motifs is 33. The first-order chi connectivity index (χ1) is 70.2. The van der Waals surface area contributed by atoms with Crippen molar-refractivity contribution >= 4 is 152 Å². The third kappa shape index (κ3) is 18.7. The molecule has 9 nitrogen and oxygen atoms in total. The Balaban J connectivity index is 0.000000126. The maximum absolute atomic E-state index is 11.8. The zero-order valence-corrected chi connectivity index (χ0v) is 91.3. The van der Waals surface area contributed by atoms with Crippen molar-refractivity contribution < 1.29 is 90.0 Å². The van der Waals surface area contributed by atoms with E-state index in [1.54, 1.807) is 36.4 Å². The SMILES string of the molecule is CC(=O)C=C(C)O.CC(=O)C=C(C)O.CC(C)c1cnc(-c2[c-]cc3c(c2)C(C)(C)c2c-3ccc3c4ccccc4c4ccccc4c23)c2ccccc12.CC1(C)c2cc(-c3nccc4ccccc34)[c-]cc2-c2ccc3c4ccccc4c4ccccc4c3c21.CC1(C)c2cc(-c3nccc4ccccc34)[c-]cc2-c2ccc3c4ccccc4c4ccccc4c3c21.O=C(C=C(O)c1ccccc1)c1ccccc1.[Ir].[Ir].[Ir]. The van der Waals surface area contributed by atoms with Crippen LogP contribution in [0.15, 0.2) is 412 Å². The minimum absolute atomic E-state index is 0. The summed E-state index contributed by atoms with van der Waals surface area (Å²) in [7, 11) is 0. The van der Waals surface area contributed by atoms with Crippen LogP contribution in [0.5, 0.6) is 0 Å². The first kappa shape index (κ1) is 103. The number of carbonyl (C=O) groups is 3. The number of benzene rings is 20. The molecule has 3 N–H and O–H groups in total. The molecule has 23 aromatic rings. The van der Waals surface area contributed by atoms with Crippen LogP contribution in [0.4, 0.5) is 0 Å². The second kappa shape index (κ2) is 42.2. The van der Waals surface area contributed by atoms with Crippen LogP contribution in [0.25, 0.3) is 202 Å². The maximum Gasteiger partial charge on any atom is 0.189 e. The molecule has 0 spiro atoms. The minimum Gasteiger partial charge on any atom is -0.512 e. The van der Waals surface area contributed by atoms with Gasteiger partial charge >= 0.3 is 0 Å². The molecule has 26 rings (SSSR count). The van der Waals surface area contributed by atoms with E-state index in [0.29, 0.717) is 17.0 Å². The molecule has 0 aliphatic heterocycles. The molecule has 148 heavy (non-hydrogen) atoms. The molecular weight excluding hydrogens is 2350 g/mol. The van der Waals surface area contributed by atoms with Gasteiger partial charge in [-0.2, -0.15) is 0 Å². The van der Waals surface area contributed by atoms with Crippen molar-refractivity contribution in [3.63, 3.8) is 0 Å². The van der Waals surface area contributed by atoms with Gasteiger partial charge in [0.2, 0.25) is 0 Å². The van der Waals surface area contributed by atoms with Crippen LogP contribution in [0.2, 0.25) is 0 Å². The van der Waals surface area contributed by atoms with E-state index in [-0.39, 0.29) is 111 Å². The van der Waals surface area contributed by atoms with Gasteiger partial charge in [0.1, 0.15) is 5.76 Å². The summed E-state index contributed by atoms with van der Waals surface area (Å²) in [6, 6.07) is 139. The fourth-order valence-electron chi connectivity index (χ4n) is 22.8. The van der Waals surface area contributed by atoms with Crippen LogP contribution in [0.1, 0.15) is 144 Å². The summed E-state index contributed by atoms with van der Waals surface area (Å²) in [5, 5.41) is 57.7. The Kier molecular flexibility index (Phi) is 29.2. The number of aromatic nitrogens is 3. The molecule has 0 unspecified atom stereocenters. The summed E-state index contributed by atoms with van der Waals surface area (Å²) in [6.07, 6.45) is 9.45. The summed E-state index contributed by atoms with van der Waals surface area (Å²) < 4.78 is 0. The van der Waals surface area contributed by atoms with Crippen molar-refractivity contribution in [3.8, 4) is 67.2 Å². The third-order valence-electron chi connectivity index (χ3n) is 29.1. The number of pyridine rings is 3. The van der Waals surface area contributed by atoms with Crippen molar-refractivity contribution in [2.75, 3.05) is 0 Å². The molecular formula is C136H106Ir3N3O6-3. The number of rotatable bonds is 9. The molecule has 3 aliphatic rings.